The van der Waals surface area contributed by atoms with Crippen molar-refractivity contribution in [1.82, 2.24) is 25.1 Å². The molecule has 1 unspecified atom stereocenters. The van der Waals surface area contributed by atoms with Gasteiger partial charge in [0.15, 0.2) is 5.65 Å². The zero-order chi connectivity index (χ0) is 14.8. The van der Waals surface area contributed by atoms with E-state index in [-0.39, 0.29) is 0 Å². The van der Waals surface area contributed by atoms with Gasteiger partial charge < -0.3 is 10.6 Å². The van der Waals surface area contributed by atoms with Crippen molar-refractivity contribution in [1.29, 1.82) is 0 Å². The molecule has 2 N–H and O–H groups in total. The van der Waals surface area contributed by atoms with Crippen molar-refractivity contribution in [3.05, 3.63) is 42.9 Å². The normalized spacial score (nSPS) is 17.9. The molecule has 0 bridgehead atoms. The molecule has 3 aromatic rings. The van der Waals surface area contributed by atoms with Crippen LogP contribution in [0, 0.1) is 0 Å². The molecule has 0 spiro atoms. The highest BCUT2D eigenvalue weighted by molar-refractivity contribution is 5.87. The lowest BCUT2D eigenvalue weighted by Gasteiger charge is -2.12. The second-order valence-corrected chi connectivity index (χ2v) is 5.53. The summed E-state index contributed by atoms with van der Waals surface area (Å²) in [6, 6.07) is 10.5. The maximum absolute atomic E-state index is 4.46. The van der Waals surface area contributed by atoms with Crippen molar-refractivity contribution in [2.24, 2.45) is 0 Å². The lowest BCUT2D eigenvalue weighted by atomic mass is 10.2. The predicted octanol–water partition coefficient (Wildman–Crippen LogP) is 1.98. The Balaban J connectivity index is 1.65. The first-order valence-electron chi connectivity index (χ1n) is 7.63. The molecular weight excluding hydrogens is 276 g/mol. The molecule has 0 saturated carbocycles. The number of aromatic nitrogens is 4. The maximum atomic E-state index is 4.46. The second-order valence-electron chi connectivity index (χ2n) is 5.53. The second kappa shape index (κ2) is 5.73. The molecule has 1 fully saturated rings. The maximum Gasteiger partial charge on any atom is 0.168 e. The molecule has 2 aromatic heterocycles. The minimum absolute atomic E-state index is 0.522. The van der Waals surface area contributed by atoms with Gasteiger partial charge in [0.25, 0.3) is 0 Å². The van der Waals surface area contributed by atoms with E-state index < -0.39 is 0 Å². The largest absolute Gasteiger partial charge is 0.368 e. The van der Waals surface area contributed by atoms with Crippen LogP contribution in [-0.4, -0.2) is 38.9 Å². The summed E-state index contributed by atoms with van der Waals surface area (Å²) >= 11 is 0. The summed E-state index contributed by atoms with van der Waals surface area (Å²) in [6.45, 7) is 1.99. The van der Waals surface area contributed by atoms with Gasteiger partial charge in [0.05, 0.1) is 17.3 Å². The Labute approximate surface area is 128 Å². The molecule has 3 heterocycles. The molecule has 0 aliphatic carbocycles. The van der Waals surface area contributed by atoms with Gasteiger partial charge in [-0.1, -0.05) is 18.2 Å². The molecule has 6 nitrogen and oxygen atoms in total. The number of para-hydroxylation sites is 1. The monoisotopic (exact) mass is 294 g/mol. The zero-order valence-corrected chi connectivity index (χ0v) is 12.2. The average molecular weight is 294 g/mol. The van der Waals surface area contributed by atoms with Crippen molar-refractivity contribution in [2.75, 3.05) is 18.4 Å². The highest BCUT2D eigenvalue weighted by atomic mass is 15.3. The molecule has 1 aromatic carbocycles. The number of fused-ring (bicyclic) bond motifs is 1. The van der Waals surface area contributed by atoms with Gasteiger partial charge in [-0.3, -0.25) is 0 Å². The third-order valence-corrected chi connectivity index (χ3v) is 4.04. The van der Waals surface area contributed by atoms with Crippen LogP contribution in [0.15, 0.2) is 42.9 Å². The molecule has 0 amide bonds. The van der Waals surface area contributed by atoms with Gasteiger partial charge in [0.1, 0.15) is 12.1 Å². The highest BCUT2D eigenvalue weighted by Gasteiger charge is 2.15. The van der Waals surface area contributed by atoms with Gasteiger partial charge in [-0.15, -0.1) is 0 Å². The van der Waals surface area contributed by atoms with Crippen molar-refractivity contribution >= 4 is 16.9 Å². The summed E-state index contributed by atoms with van der Waals surface area (Å²) in [6.07, 6.45) is 5.88. The predicted molar refractivity (Wildman–Crippen MR) is 86.2 cm³/mol. The van der Waals surface area contributed by atoms with Crippen molar-refractivity contribution in [3.8, 4) is 5.69 Å². The Kier molecular flexibility index (Phi) is 3.44. The van der Waals surface area contributed by atoms with E-state index in [0.29, 0.717) is 6.04 Å². The van der Waals surface area contributed by atoms with Crippen LogP contribution in [0.1, 0.15) is 12.8 Å². The van der Waals surface area contributed by atoms with Gasteiger partial charge in [-0.25, -0.2) is 14.6 Å². The van der Waals surface area contributed by atoms with Crippen molar-refractivity contribution in [3.63, 3.8) is 0 Å². The Bertz CT molecular complexity index is 761. The van der Waals surface area contributed by atoms with Crippen LogP contribution in [0.25, 0.3) is 16.7 Å². The first-order valence-corrected chi connectivity index (χ1v) is 7.63. The quantitative estimate of drug-likeness (QED) is 0.770. The van der Waals surface area contributed by atoms with E-state index in [0.717, 1.165) is 35.6 Å². The highest BCUT2D eigenvalue weighted by Crippen LogP contribution is 2.21. The van der Waals surface area contributed by atoms with Crippen LogP contribution in [0.2, 0.25) is 0 Å². The third-order valence-electron chi connectivity index (χ3n) is 4.04. The lowest BCUT2D eigenvalue weighted by molar-refractivity contribution is 0.633. The molecule has 22 heavy (non-hydrogen) atoms. The minimum atomic E-state index is 0.522. The molecule has 112 valence electrons. The smallest absolute Gasteiger partial charge is 0.168 e. The molecule has 6 heteroatoms. The van der Waals surface area contributed by atoms with E-state index in [2.05, 4.69) is 25.7 Å². The number of anilines is 1. The summed E-state index contributed by atoms with van der Waals surface area (Å²) in [5.41, 5.74) is 1.82. The first-order chi connectivity index (χ1) is 10.9. The fraction of sp³-hybridized carbons (Fsp3) is 0.312. The molecular formula is C16H18N6. The molecule has 1 saturated heterocycles. The first kappa shape index (κ1) is 13.2. The lowest BCUT2D eigenvalue weighted by Crippen LogP contribution is -2.29. The van der Waals surface area contributed by atoms with Gasteiger partial charge in [-0.2, -0.15) is 5.10 Å². The number of nitrogens with one attached hydrogen (secondary N) is 2. The van der Waals surface area contributed by atoms with E-state index in [1.54, 1.807) is 6.33 Å². The number of benzene rings is 1. The molecule has 1 atom stereocenters. The molecule has 1 aliphatic rings. The topological polar surface area (TPSA) is 67.7 Å². The average Bonchev–Trinajstić information content (AvgIpc) is 3.23. The van der Waals surface area contributed by atoms with Gasteiger partial charge in [-0.05, 0) is 31.5 Å². The van der Waals surface area contributed by atoms with E-state index in [1.807, 2.05) is 41.2 Å². The van der Waals surface area contributed by atoms with Gasteiger partial charge in [0, 0.05) is 12.6 Å². The number of rotatable bonds is 4. The fourth-order valence-corrected chi connectivity index (χ4v) is 2.89. The van der Waals surface area contributed by atoms with Crippen LogP contribution in [0.4, 0.5) is 5.82 Å². The molecule has 0 radical (unpaired) electrons. The van der Waals surface area contributed by atoms with Crippen LogP contribution >= 0.6 is 0 Å². The van der Waals surface area contributed by atoms with Crippen LogP contribution in [-0.2, 0) is 0 Å². The Hall–Kier alpha value is -2.47. The summed E-state index contributed by atoms with van der Waals surface area (Å²) < 4.78 is 1.84. The summed E-state index contributed by atoms with van der Waals surface area (Å²) in [5, 5.41) is 12.3. The van der Waals surface area contributed by atoms with E-state index >= 15 is 0 Å². The van der Waals surface area contributed by atoms with E-state index in [1.165, 1.54) is 12.8 Å². The zero-order valence-electron chi connectivity index (χ0n) is 12.2. The Morgan fingerprint density at radius 2 is 2.14 bits per heavy atom. The Morgan fingerprint density at radius 1 is 1.23 bits per heavy atom. The molecule has 1 aliphatic heterocycles. The van der Waals surface area contributed by atoms with E-state index in [4.69, 9.17) is 0 Å². The third kappa shape index (κ3) is 2.42. The summed E-state index contributed by atoms with van der Waals surface area (Å²) in [7, 11) is 0. The standard InChI is InChI=1S/C16H18N6/c1-2-6-13(7-3-1)22-16-14(10-21-22)15(19-11-20-16)18-9-12-5-4-8-17-12/h1-3,6-7,10-12,17H,4-5,8-9H2,(H,18,19,20). The molecule has 4 rings (SSSR count). The summed E-state index contributed by atoms with van der Waals surface area (Å²) in [5.74, 6) is 0.848. The number of hydrogen-bond donors (Lipinski definition) is 2. The van der Waals surface area contributed by atoms with Gasteiger partial charge >= 0.3 is 0 Å². The van der Waals surface area contributed by atoms with Crippen LogP contribution < -0.4 is 10.6 Å². The van der Waals surface area contributed by atoms with E-state index in [9.17, 15) is 0 Å². The van der Waals surface area contributed by atoms with Crippen molar-refractivity contribution < 1.29 is 0 Å². The number of nitrogens with zero attached hydrogens (tertiary/aromatic N) is 4. The summed E-state index contributed by atoms with van der Waals surface area (Å²) in [4.78, 5) is 8.76. The fourth-order valence-electron chi connectivity index (χ4n) is 2.89. The number of hydrogen-bond acceptors (Lipinski definition) is 5. The Morgan fingerprint density at radius 3 is 2.95 bits per heavy atom. The van der Waals surface area contributed by atoms with Crippen LogP contribution in [0.5, 0.6) is 0 Å². The SMILES string of the molecule is c1ccc(-n2ncc3c(NCC4CCCN4)ncnc32)cc1. The van der Waals surface area contributed by atoms with Crippen molar-refractivity contribution in [2.45, 2.75) is 18.9 Å². The van der Waals surface area contributed by atoms with Gasteiger partial charge in [0.2, 0.25) is 0 Å². The minimum Gasteiger partial charge on any atom is -0.368 e. The van der Waals surface area contributed by atoms with Crippen LogP contribution in [0.3, 0.4) is 0 Å².